The molecule has 0 fully saturated rings. The minimum atomic E-state index is 0.314. The van der Waals surface area contributed by atoms with E-state index < -0.39 is 0 Å². The number of pyridine rings is 1. The van der Waals surface area contributed by atoms with Crippen LogP contribution in [0.5, 0.6) is 5.75 Å². The summed E-state index contributed by atoms with van der Waals surface area (Å²) in [6.07, 6.45) is 10.7. The first-order chi connectivity index (χ1) is 12.2. The Morgan fingerprint density at radius 2 is 2.20 bits per heavy atom. The largest absolute Gasteiger partial charge is 0.494 e. The van der Waals surface area contributed by atoms with Crippen molar-refractivity contribution in [1.29, 1.82) is 0 Å². The summed E-state index contributed by atoms with van der Waals surface area (Å²) < 4.78 is 5.98. The Hall–Kier alpha value is -2.29. The summed E-state index contributed by atoms with van der Waals surface area (Å²) in [7, 11) is 0. The van der Waals surface area contributed by atoms with Gasteiger partial charge in [0, 0.05) is 24.0 Å². The van der Waals surface area contributed by atoms with Crippen molar-refractivity contribution in [2.24, 2.45) is 11.8 Å². The second kappa shape index (κ2) is 6.91. The first kappa shape index (κ1) is 16.2. The van der Waals surface area contributed by atoms with Gasteiger partial charge in [-0.25, -0.2) is 0 Å². The number of nitrogens with one attached hydrogen (secondary N) is 1. The van der Waals surface area contributed by atoms with Crippen LogP contribution in [0.1, 0.15) is 49.8 Å². The molecule has 3 heteroatoms. The first-order valence-electron chi connectivity index (χ1n) is 9.32. The molecule has 0 amide bonds. The van der Waals surface area contributed by atoms with Crippen molar-refractivity contribution < 1.29 is 4.74 Å². The Morgan fingerprint density at radius 1 is 1.28 bits per heavy atom. The molecule has 2 heterocycles. The Labute approximate surface area is 150 Å². The van der Waals surface area contributed by atoms with E-state index in [0.29, 0.717) is 23.8 Å². The highest BCUT2D eigenvalue weighted by Crippen LogP contribution is 2.50. The van der Waals surface area contributed by atoms with E-state index >= 15 is 0 Å². The molecule has 130 valence electrons. The third-order valence-corrected chi connectivity index (χ3v) is 5.34. The molecule has 2 aliphatic rings. The zero-order valence-electron chi connectivity index (χ0n) is 15.0. The van der Waals surface area contributed by atoms with Crippen LogP contribution in [0.4, 0.5) is 5.69 Å². The molecule has 3 atom stereocenters. The van der Waals surface area contributed by atoms with E-state index in [4.69, 9.17) is 4.74 Å². The van der Waals surface area contributed by atoms with Gasteiger partial charge in [-0.3, -0.25) is 4.98 Å². The van der Waals surface area contributed by atoms with Gasteiger partial charge in [0.2, 0.25) is 0 Å². The van der Waals surface area contributed by atoms with Crippen LogP contribution in [0.3, 0.4) is 0 Å². The number of nitrogens with zero attached hydrogens (tertiary/aromatic N) is 1. The fourth-order valence-corrected chi connectivity index (χ4v) is 3.96. The van der Waals surface area contributed by atoms with Gasteiger partial charge in [0.1, 0.15) is 5.75 Å². The van der Waals surface area contributed by atoms with E-state index in [-0.39, 0.29) is 0 Å². The third-order valence-electron chi connectivity index (χ3n) is 5.34. The molecule has 25 heavy (non-hydrogen) atoms. The number of benzene rings is 1. The Bertz CT molecular complexity index is 754. The summed E-state index contributed by atoms with van der Waals surface area (Å²) in [6.45, 7) is 5.24. The number of fused-ring (bicyclic) bond motifs is 3. The van der Waals surface area contributed by atoms with Gasteiger partial charge in [-0.2, -0.15) is 0 Å². The average Bonchev–Trinajstić information content (AvgIpc) is 3.11. The van der Waals surface area contributed by atoms with E-state index in [1.165, 1.54) is 16.8 Å². The summed E-state index contributed by atoms with van der Waals surface area (Å²) in [5.74, 6) is 2.65. The maximum absolute atomic E-state index is 5.98. The molecule has 1 N–H and O–H groups in total. The maximum atomic E-state index is 5.98. The van der Waals surface area contributed by atoms with Crippen LogP contribution in [0.2, 0.25) is 0 Å². The molecule has 0 bridgehead atoms. The zero-order chi connectivity index (χ0) is 17.2. The van der Waals surface area contributed by atoms with Gasteiger partial charge in [0.05, 0.1) is 12.6 Å². The number of hydrogen-bond acceptors (Lipinski definition) is 3. The predicted molar refractivity (Wildman–Crippen MR) is 102 cm³/mol. The maximum Gasteiger partial charge on any atom is 0.119 e. The molecule has 0 spiro atoms. The van der Waals surface area contributed by atoms with E-state index in [2.05, 4.69) is 60.6 Å². The van der Waals surface area contributed by atoms with Gasteiger partial charge in [-0.05, 0) is 60.1 Å². The number of hydrogen-bond donors (Lipinski definition) is 1. The molecular formula is C22H26N2O. The van der Waals surface area contributed by atoms with Gasteiger partial charge >= 0.3 is 0 Å². The first-order valence-corrected chi connectivity index (χ1v) is 9.32. The minimum Gasteiger partial charge on any atom is -0.494 e. The summed E-state index contributed by atoms with van der Waals surface area (Å²) in [4.78, 5) is 4.31. The lowest BCUT2D eigenvalue weighted by Crippen LogP contribution is -2.29. The highest BCUT2D eigenvalue weighted by Gasteiger charge is 2.38. The number of anilines is 1. The Kier molecular flexibility index (Phi) is 4.48. The lowest BCUT2D eigenvalue weighted by molar-refractivity contribution is 0.289. The number of allylic oxidation sites excluding steroid dienone is 2. The third kappa shape index (κ3) is 3.28. The van der Waals surface area contributed by atoms with E-state index in [1.807, 2.05) is 18.5 Å². The molecule has 1 aromatic heterocycles. The molecule has 2 aromatic rings. The van der Waals surface area contributed by atoms with Crippen LogP contribution >= 0.6 is 0 Å². The lowest BCUT2D eigenvalue weighted by Gasteiger charge is -2.37. The van der Waals surface area contributed by atoms with Gasteiger partial charge < -0.3 is 10.1 Å². The molecule has 0 saturated carbocycles. The lowest BCUT2D eigenvalue weighted by atomic mass is 9.77. The molecule has 3 unspecified atom stereocenters. The standard InChI is InChI=1S/C22H26N2O/c1-15(2)10-12-25-17-8-9-21-20(13-17)18-6-3-7-19(18)22(24-21)16-5-4-11-23-14-16/h3-6,8-9,11,13-15,18-19,22,24H,7,10,12H2,1-2H3. The predicted octanol–water partition coefficient (Wildman–Crippen LogP) is 5.33. The summed E-state index contributed by atoms with van der Waals surface area (Å²) in [5, 5.41) is 3.75. The van der Waals surface area contributed by atoms with Crippen LogP contribution in [-0.2, 0) is 0 Å². The monoisotopic (exact) mass is 334 g/mol. The molecule has 3 nitrogen and oxygen atoms in total. The minimum absolute atomic E-state index is 0.314. The highest BCUT2D eigenvalue weighted by atomic mass is 16.5. The second-order valence-corrected chi connectivity index (χ2v) is 7.54. The molecule has 1 aromatic carbocycles. The molecule has 4 rings (SSSR count). The molecule has 1 aliphatic heterocycles. The normalized spacial score (nSPS) is 23.9. The average molecular weight is 334 g/mol. The summed E-state index contributed by atoms with van der Waals surface area (Å²) in [6, 6.07) is 11.0. The second-order valence-electron chi connectivity index (χ2n) is 7.54. The van der Waals surface area contributed by atoms with Crippen molar-refractivity contribution in [2.45, 2.75) is 38.6 Å². The number of ether oxygens (including phenoxy) is 1. The Balaban J connectivity index is 1.59. The van der Waals surface area contributed by atoms with Gasteiger partial charge in [-0.1, -0.05) is 32.1 Å². The van der Waals surface area contributed by atoms with Crippen molar-refractivity contribution >= 4 is 5.69 Å². The molecule has 1 aliphatic carbocycles. The van der Waals surface area contributed by atoms with Crippen molar-refractivity contribution in [1.82, 2.24) is 4.98 Å². The molecular weight excluding hydrogens is 308 g/mol. The van der Waals surface area contributed by atoms with Crippen molar-refractivity contribution in [3.63, 3.8) is 0 Å². The van der Waals surface area contributed by atoms with Crippen LogP contribution < -0.4 is 10.1 Å². The fourth-order valence-electron chi connectivity index (χ4n) is 3.96. The van der Waals surface area contributed by atoms with Crippen LogP contribution in [0.25, 0.3) is 0 Å². The van der Waals surface area contributed by atoms with E-state index in [9.17, 15) is 0 Å². The zero-order valence-corrected chi connectivity index (χ0v) is 15.0. The SMILES string of the molecule is CC(C)CCOc1ccc2c(c1)C1C=CCC1C(c1cccnc1)N2. The van der Waals surface area contributed by atoms with Gasteiger partial charge in [0.15, 0.2) is 0 Å². The van der Waals surface area contributed by atoms with E-state index in [1.54, 1.807) is 0 Å². The number of rotatable bonds is 5. The molecule has 0 radical (unpaired) electrons. The van der Waals surface area contributed by atoms with E-state index in [0.717, 1.165) is 25.2 Å². The molecule has 0 saturated heterocycles. The van der Waals surface area contributed by atoms with Crippen LogP contribution in [0, 0.1) is 11.8 Å². The topological polar surface area (TPSA) is 34.1 Å². The quantitative estimate of drug-likeness (QED) is 0.750. The highest BCUT2D eigenvalue weighted by molar-refractivity contribution is 5.61. The van der Waals surface area contributed by atoms with Gasteiger partial charge in [0.25, 0.3) is 0 Å². The number of aromatic nitrogens is 1. The summed E-state index contributed by atoms with van der Waals surface area (Å²) >= 11 is 0. The van der Waals surface area contributed by atoms with Crippen molar-refractivity contribution in [3.05, 3.63) is 66.0 Å². The summed E-state index contributed by atoms with van der Waals surface area (Å²) in [5.41, 5.74) is 3.85. The Morgan fingerprint density at radius 3 is 3.00 bits per heavy atom. The van der Waals surface area contributed by atoms with Crippen LogP contribution in [-0.4, -0.2) is 11.6 Å². The van der Waals surface area contributed by atoms with Crippen molar-refractivity contribution in [2.75, 3.05) is 11.9 Å². The smallest absolute Gasteiger partial charge is 0.119 e. The van der Waals surface area contributed by atoms with Crippen molar-refractivity contribution in [3.8, 4) is 5.75 Å². The van der Waals surface area contributed by atoms with Gasteiger partial charge in [-0.15, -0.1) is 0 Å². The fraction of sp³-hybridized carbons (Fsp3) is 0.409. The van der Waals surface area contributed by atoms with Crippen LogP contribution in [0.15, 0.2) is 54.9 Å².